The molecule has 0 spiro atoms. The molecule has 1 rings (SSSR count). The van der Waals surface area contributed by atoms with Crippen LogP contribution in [0.3, 0.4) is 0 Å². The van der Waals surface area contributed by atoms with Gasteiger partial charge in [-0.05, 0) is 12.5 Å². The van der Waals surface area contributed by atoms with Gasteiger partial charge in [-0.3, -0.25) is 0 Å². The normalized spacial score (nSPS) is 29.8. The Morgan fingerprint density at radius 3 is 2.75 bits per heavy atom. The zero-order valence-corrected chi connectivity index (χ0v) is 6.25. The predicted molar refractivity (Wildman–Crippen MR) is 37.3 cm³/mol. The van der Waals surface area contributed by atoms with Gasteiger partial charge >= 0.3 is 0 Å². The molecule has 0 amide bonds. The van der Waals surface area contributed by atoms with E-state index in [4.69, 9.17) is 4.43 Å². The van der Waals surface area contributed by atoms with Crippen LogP contribution in [0.15, 0.2) is 12.3 Å². The molecule has 0 aliphatic carbocycles. The summed E-state index contributed by atoms with van der Waals surface area (Å²) in [6.45, 7) is 4.71. The van der Waals surface area contributed by atoms with Crippen molar-refractivity contribution in [1.82, 2.24) is 0 Å². The van der Waals surface area contributed by atoms with Crippen LogP contribution in [0.5, 0.6) is 0 Å². The summed E-state index contributed by atoms with van der Waals surface area (Å²) < 4.78 is 5.45. The van der Waals surface area contributed by atoms with E-state index in [-0.39, 0.29) is 0 Å². The maximum atomic E-state index is 5.45. The molecule has 1 atom stereocenters. The smallest absolute Gasteiger partial charge is 0.200 e. The highest BCUT2D eigenvalue weighted by molar-refractivity contribution is 6.57. The van der Waals surface area contributed by atoms with Gasteiger partial charge in [-0.15, -0.1) is 6.58 Å². The maximum Gasteiger partial charge on any atom is 0.200 e. The summed E-state index contributed by atoms with van der Waals surface area (Å²) in [6.07, 6.45) is 2.63. The molecular weight excluding hydrogens is 116 g/mol. The quantitative estimate of drug-likeness (QED) is 0.483. The van der Waals surface area contributed by atoms with Crippen molar-refractivity contribution in [2.75, 3.05) is 6.61 Å². The lowest BCUT2D eigenvalue weighted by Gasteiger charge is -2.16. The molecule has 1 nitrogen and oxygen atoms in total. The second-order valence-corrected chi connectivity index (χ2v) is 4.60. The van der Waals surface area contributed by atoms with E-state index in [9.17, 15) is 0 Å². The van der Waals surface area contributed by atoms with Crippen LogP contribution in [0.2, 0.25) is 6.04 Å². The minimum Gasteiger partial charge on any atom is -0.416 e. The van der Waals surface area contributed by atoms with Gasteiger partial charge in [-0.25, -0.2) is 0 Å². The molecule has 46 valence electrons. The van der Waals surface area contributed by atoms with Gasteiger partial charge in [-0.1, -0.05) is 12.1 Å². The van der Waals surface area contributed by atoms with E-state index in [0.717, 1.165) is 6.61 Å². The Morgan fingerprint density at radius 2 is 2.38 bits per heavy atom. The summed E-state index contributed by atoms with van der Waals surface area (Å²) in [5, 5.41) is 0. The molecule has 1 fully saturated rings. The van der Waals surface area contributed by atoms with E-state index in [1.165, 1.54) is 18.9 Å². The minimum atomic E-state index is -0.841. The Hall–Kier alpha value is -0.0831. The van der Waals surface area contributed by atoms with E-state index in [1.807, 2.05) is 5.70 Å². The average molecular weight is 128 g/mol. The summed E-state index contributed by atoms with van der Waals surface area (Å²) >= 11 is 0. The van der Waals surface area contributed by atoms with Gasteiger partial charge in [0.2, 0.25) is 9.04 Å². The lowest BCUT2D eigenvalue weighted by Crippen LogP contribution is -2.20. The second kappa shape index (κ2) is 3.05. The standard InChI is InChI=1S/C6H12OSi/c1-2-8-6-4-3-5-7-8/h2,8H,1,3-6H2. The van der Waals surface area contributed by atoms with Gasteiger partial charge in [0.05, 0.1) is 0 Å². The van der Waals surface area contributed by atoms with Gasteiger partial charge in [0.1, 0.15) is 0 Å². The molecular formula is C6H12OSi. The van der Waals surface area contributed by atoms with E-state index >= 15 is 0 Å². The van der Waals surface area contributed by atoms with Crippen LogP contribution in [-0.2, 0) is 4.43 Å². The lowest BCUT2D eigenvalue weighted by atomic mass is 10.4. The molecule has 0 bridgehead atoms. The molecule has 1 unspecified atom stereocenters. The van der Waals surface area contributed by atoms with Crippen molar-refractivity contribution in [3.05, 3.63) is 12.3 Å². The van der Waals surface area contributed by atoms with Gasteiger partial charge in [-0.2, -0.15) is 0 Å². The number of hydrogen-bond donors (Lipinski definition) is 0. The first kappa shape index (κ1) is 6.04. The van der Waals surface area contributed by atoms with E-state index in [1.54, 1.807) is 0 Å². The Morgan fingerprint density at radius 1 is 1.50 bits per heavy atom. The van der Waals surface area contributed by atoms with Gasteiger partial charge in [0, 0.05) is 6.61 Å². The highest BCUT2D eigenvalue weighted by Gasteiger charge is 2.10. The summed E-state index contributed by atoms with van der Waals surface area (Å²) in [5.74, 6) is 0. The molecule has 0 saturated carbocycles. The van der Waals surface area contributed by atoms with Crippen molar-refractivity contribution < 1.29 is 4.43 Å². The topological polar surface area (TPSA) is 9.23 Å². The molecule has 1 aliphatic rings. The second-order valence-electron chi connectivity index (χ2n) is 2.14. The van der Waals surface area contributed by atoms with Crippen molar-refractivity contribution in [2.24, 2.45) is 0 Å². The van der Waals surface area contributed by atoms with Crippen LogP contribution in [0, 0.1) is 0 Å². The van der Waals surface area contributed by atoms with E-state index in [2.05, 4.69) is 6.58 Å². The molecule has 8 heavy (non-hydrogen) atoms. The first-order chi connectivity index (χ1) is 3.93. The number of hydrogen-bond acceptors (Lipinski definition) is 1. The minimum absolute atomic E-state index is 0.841. The fraction of sp³-hybridized carbons (Fsp3) is 0.667. The van der Waals surface area contributed by atoms with Crippen molar-refractivity contribution in [1.29, 1.82) is 0 Å². The summed E-state index contributed by atoms with van der Waals surface area (Å²) in [6, 6.07) is 1.31. The molecule has 2 heteroatoms. The fourth-order valence-corrected chi connectivity index (χ4v) is 2.65. The number of rotatable bonds is 1. The molecule has 0 N–H and O–H groups in total. The monoisotopic (exact) mass is 128 g/mol. The van der Waals surface area contributed by atoms with Crippen LogP contribution in [-0.4, -0.2) is 15.6 Å². The van der Waals surface area contributed by atoms with E-state index in [0.29, 0.717) is 0 Å². The Bertz CT molecular complexity index is 76.6. The first-order valence-corrected chi connectivity index (χ1v) is 5.13. The van der Waals surface area contributed by atoms with E-state index < -0.39 is 9.04 Å². The average Bonchev–Trinajstić information content (AvgIpc) is 1.90. The highest BCUT2D eigenvalue weighted by atomic mass is 28.3. The Labute approximate surface area is 52.1 Å². The van der Waals surface area contributed by atoms with Gasteiger partial charge < -0.3 is 4.43 Å². The van der Waals surface area contributed by atoms with Crippen LogP contribution in [0.25, 0.3) is 0 Å². The predicted octanol–water partition coefficient (Wildman–Crippen LogP) is 1.25. The van der Waals surface area contributed by atoms with Crippen LogP contribution >= 0.6 is 0 Å². The summed E-state index contributed by atoms with van der Waals surface area (Å²) in [7, 11) is -0.841. The highest BCUT2D eigenvalue weighted by Crippen LogP contribution is 2.10. The largest absolute Gasteiger partial charge is 0.416 e. The van der Waals surface area contributed by atoms with Crippen molar-refractivity contribution >= 4 is 9.04 Å². The summed E-state index contributed by atoms with van der Waals surface area (Å²) in [4.78, 5) is 0. The third kappa shape index (κ3) is 1.45. The summed E-state index contributed by atoms with van der Waals surface area (Å²) in [5.41, 5.74) is 2.03. The van der Waals surface area contributed by atoms with Crippen molar-refractivity contribution in [3.8, 4) is 0 Å². The molecule has 1 saturated heterocycles. The molecule has 0 radical (unpaired) electrons. The van der Waals surface area contributed by atoms with Crippen LogP contribution < -0.4 is 0 Å². The lowest BCUT2D eigenvalue weighted by molar-refractivity contribution is 0.294. The SMILES string of the molecule is C=C[SiH]1CCCCO1. The van der Waals surface area contributed by atoms with Crippen LogP contribution in [0.4, 0.5) is 0 Å². The van der Waals surface area contributed by atoms with Crippen molar-refractivity contribution in [2.45, 2.75) is 18.9 Å². The molecule has 1 aliphatic heterocycles. The fourth-order valence-electron chi connectivity index (χ4n) is 0.952. The maximum absolute atomic E-state index is 5.45. The zero-order chi connectivity index (χ0) is 5.82. The third-order valence-corrected chi connectivity index (χ3v) is 3.64. The molecule has 0 aromatic rings. The zero-order valence-electron chi connectivity index (χ0n) is 5.10. The molecule has 0 aromatic carbocycles. The van der Waals surface area contributed by atoms with Crippen LogP contribution in [0.1, 0.15) is 12.8 Å². The third-order valence-electron chi connectivity index (χ3n) is 1.48. The molecule has 0 aromatic heterocycles. The van der Waals surface area contributed by atoms with Gasteiger partial charge in [0.15, 0.2) is 0 Å². The molecule has 1 heterocycles. The Kier molecular flexibility index (Phi) is 2.30. The first-order valence-electron chi connectivity index (χ1n) is 3.17. The van der Waals surface area contributed by atoms with Gasteiger partial charge in [0.25, 0.3) is 0 Å². The Balaban J connectivity index is 2.22. The van der Waals surface area contributed by atoms with Crippen molar-refractivity contribution in [3.63, 3.8) is 0 Å².